The lowest BCUT2D eigenvalue weighted by molar-refractivity contribution is 0.270. The molecule has 94 valence electrons. The Morgan fingerprint density at radius 3 is 2.53 bits per heavy atom. The fourth-order valence-corrected chi connectivity index (χ4v) is 3.74. The van der Waals surface area contributed by atoms with Crippen LogP contribution in [0.3, 0.4) is 0 Å². The van der Waals surface area contributed by atoms with Crippen LogP contribution in [0.1, 0.15) is 25.3 Å². The number of rotatable bonds is 3. The van der Waals surface area contributed by atoms with Gasteiger partial charge in [0.25, 0.3) is 0 Å². The number of hydrogen-bond donors (Lipinski definition) is 2. The summed E-state index contributed by atoms with van der Waals surface area (Å²) in [4.78, 5) is 0.325. The van der Waals surface area contributed by atoms with Crippen molar-refractivity contribution in [3.63, 3.8) is 0 Å². The number of nitrogens with two attached hydrogens (primary N) is 1. The molecule has 5 heteroatoms. The van der Waals surface area contributed by atoms with Gasteiger partial charge in [-0.05, 0) is 49.4 Å². The third-order valence-electron chi connectivity index (χ3n) is 3.18. The first kappa shape index (κ1) is 12.4. The van der Waals surface area contributed by atoms with Gasteiger partial charge in [-0.25, -0.2) is 13.1 Å². The maximum atomic E-state index is 12.1. The van der Waals surface area contributed by atoms with Gasteiger partial charge in [0.15, 0.2) is 0 Å². The molecular formula is C12H18N2O2S. The van der Waals surface area contributed by atoms with Crippen molar-refractivity contribution in [2.45, 2.75) is 37.6 Å². The van der Waals surface area contributed by atoms with Crippen LogP contribution in [0.2, 0.25) is 0 Å². The van der Waals surface area contributed by atoms with Crippen molar-refractivity contribution in [1.82, 2.24) is 4.72 Å². The molecule has 3 N–H and O–H groups in total. The highest BCUT2D eigenvalue weighted by Gasteiger charge is 2.30. The molecule has 0 aromatic heterocycles. The summed E-state index contributed by atoms with van der Waals surface area (Å²) in [5.74, 6) is 0.621. The van der Waals surface area contributed by atoms with E-state index in [1.165, 1.54) is 0 Å². The number of hydrogen-bond acceptors (Lipinski definition) is 3. The van der Waals surface area contributed by atoms with Gasteiger partial charge in [0.2, 0.25) is 10.0 Å². The van der Waals surface area contributed by atoms with Crippen molar-refractivity contribution in [3.05, 3.63) is 23.8 Å². The summed E-state index contributed by atoms with van der Waals surface area (Å²) in [6.07, 6.45) is 1.85. The molecule has 1 saturated carbocycles. The van der Waals surface area contributed by atoms with Crippen molar-refractivity contribution >= 4 is 15.7 Å². The smallest absolute Gasteiger partial charge is 0.241 e. The summed E-state index contributed by atoms with van der Waals surface area (Å²) in [7, 11) is -3.40. The van der Waals surface area contributed by atoms with E-state index in [2.05, 4.69) is 11.6 Å². The van der Waals surface area contributed by atoms with Crippen molar-refractivity contribution in [2.75, 3.05) is 5.73 Å². The summed E-state index contributed by atoms with van der Waals surface area (Å²) in [6.45, 7) is 3.88. The predicted molar refractivity (Wildman–Crippen MR) is 68.1 cm³/mol. The third-order valence-corrected chi connectivity index (χ3v) is 4.86. The zero-order chi connectivity index (χ0) is 12.6. The second-order valence-electron chi connectivity index (χ2n) is 4.92. The summed E-state index contributed by atoms with van der Waals surface area (Å²) < 4.78 is 27.0. The number of aryl methyl sites for hydroxylation is 1. The Morgan fingerprint density at radius 2 is 2.00 bits per heavy atom. The molecule has 0 atom stereocenters. The molecule has 0 saturated heterocycles. The van der Waals surface area contributed by atoms with E-state index in [-0.39, 0.29) is 6.04 Å². The Bertz CT molecular complexity index is 519. The minimum Gasteiger partial charge on any atom is -0.399 e. The Labute approximate surface area is 102 Å². The van der Waals surface area contributed by atoms with E-state index in [0.717, 1.165) is 12.8 Å². The summed E-state index contributed by atoms with van der Waals surface area (Å²) in [6, 6.07) is 4.95. The molecule has 1 aliphatic rings. The van der Waals surface area contributed by atoms with Crippen molar-refractivity contribution in [1.29, 1.82) is 0 Å². The van der Waals surface area contributed by atoms with Crippen molar-refractivity contribution in [3.8, 4) is 0 Å². The van der Waals surface area contributed by atoms with E-state index in [9.17, 15) is 8.42 Å². The number of nitrogen functional groups attached to an aromatic ring is 1. The van der Waals surface area contributed by atoms with E-state index >= 15 is 0 Å². The second-order valence-corrected chi connectivity index (χ2v) is 6.60. The van der Waals surface area contributed by atoms with Gasteiger partial charge in [-0.15, -0.1) is 0 Å². The summed E-state index contributed by atoms with van der Waals surface area (Å²) >= 11 is 0. The van der Waals surface area contributed by atoms with Crippen LogP contribution in [-0.4, -0.2) is 14.5 Å². The van der Waals surface area contributed by atoms with Gasteiger partial charge in [-0.3, -0.25) is 0 Å². The van der Waals surface area contributed by atoms with Crippen molar-refractivity contribution < 1.29 is 8.42 Å². The molecule has 17 heavy (non-hydrogen) atoms. The van der Waals surface area contributed by atoms with Crippen LogP contribution in [0, 0.1) is 12.8 Å². The maximum Gasteiger partial charge on any atom is 0.241 e. The monoisotopic (exact) mass is 254 g/mol. The Balaban J connectivity index is 2.20. The highest BCUT2D eigenvalue weighted by Crippen LogP contribution is 2.28. The first-order valence-corrected chi connectivity index (χ1v) is 7.25. The number of anilines is 1. The topological polar surface area (TPSA) is 72.2 Å². The first-order chi connectivity index (χ1) is 7.88. The fourth-order valence-electron chi connectivity index (χ4n) is 2.26. The number of benzene rings is 1. The van der Waals surface area contributed by atoms with Gasteiger partial charge in [0.05, 0.1) is 4.90 Å². The lowest BCUT2D eigenvalue weighted by Gasteiger charge is -2.33. The fraction of sp³-hybridized carbons (Fsp3) is 0.500. The van der Waals surface area contributed by atoms with E-state index in [1.54, 1.807) is 25.1 Å². The quantitative estimate of drug-likeness (QED) is 0.806. The van der Waals surface area contributed by atoms with Gasteiger partial charge in [0.1, 0.15) is 0 Å². The lowest BCUT2D eigenvalue weighted by Crippen LogP contribution is -2.43. The van der Waals surface area contributed by atoms with Crippen LogP contribution >= 0.6 is 0 Å². The largest absolute Gasteiger partial charge is 0.399 e. The van der Waals surface area contributed by atoms with E-state index in [0.29, 0.717) is 22.1 Å². The average molecular weight is 254 g/mol. The molecule has 0 bridgehead atoms. The number of nitrogens with one attached hydrogen (secondary N) is 1. The Hall–Kier alpha value is -1.07. The van der Waals surface area contributed by atoms with Crippen LogP contribution in [0.5, 0.6) is 0 Å². The SMILES string of the molecule is Cc1cc(N)ccc1S(=O)(=O)NC1CC(C)C1. The standard InChI is InChI=1S/C12H18N2O2S/c1-8-5-11(6-8)14-17(15,16)12-4-3-10(13)7-9(12)2/h3-4,7-8,11,14H,5-6,13H2,1-2H3. The van der Waals surface area contributed by atoms with Crippen LogP contribution in [0.15, 0.2) is 23.1 Å². The predicted octanol–water partition coefficient (Wildman–Crippen LogP) is 1.65. The third kappa shape index (κ3) is 2.61. The lowest BCUT2D eigenvalue weighted by atomic mass is 9.83. The molecule has 0 spiro atoms. The van der Waals surface area contributed by atoms with Crippen LogP contribution < -0.4 is 10.5 Å². The van der Waals surface area contributed by atoms with Gasteiger partial charge in [0, 0.05) is 11.7 Å². The molecule has 0 radical (unpaired) electrons. The highest BCUT2D eigenvalue weighted by atomic mass is 32.2. The molecule has 1 aromatic carbocycles. The summed E-state index contributed by atoms with van der Waals surface area (Å²) in [5.41, 5.74) is 6.88. The minimum absolute atomic E-state index is 0.0898. The van der Waals surface area contributed by atoms with Crippen molar-refractivity contribution in [2.24, 2.45) is 5.92 Å². The van der Waals surface area contributed by atoms with Gasteiger partial charge < -0.3 is 5.73 Å². The molecule has 0 amide bonds. The van der Waals surface area contributed by atoms with Crippen LogP contribution in [0.25, 0.3) is 0 Å². The zero-order valence-electron chi connectivity index (χ0n) is 10.1. The van der Waals surface area contributed by atoms with E-state index in [1.807, 2.05) is 0 Å². The molecule has 0 aliphatic heterocycles. The first-order valence-electron chi connectivity index (χ1n) is 5.77. The normalized spacial score (nSPS) is 24.4. The Morgan fingerprint density at radius 1 is 1.35 bits per heavy atom. The molecule has 0 heterocycles. The van der Waals surface area contributed by atoms with Gasteiger partial charge >= 0.3 is 0 Å². The van der Waals surface area contributed by atoms with Crippen LogP contribution in [-0.2, 0) is 10.0 Å². The zero-order valence-corrected chi connectivity index (χ0v) is 10.9. The van der Waals surface area contributed by atoms with E-state index in [4.69, 9.17) is 5.73 Å². The Kier molecular flexibility index (Phi) is 3.14. The molecule has 1 aromatic rings. The van der Waals surface area contributed by atoms with Gasteiger partial charge in [-0.1, -0.05) is 6.92 Å². The highest BCUT2D eigenvalue weighted by molar-refractivity contribution is 7.89. The average Bonchev–Trinajstić information content (AvgIpc) is 2.14. The van der Waals surface area contributed by atoms with Crippen LogP contribution in [0.4, 0.5) is 5.69 Å². The molecule has 1 aliphatic carbocycles. The minimum atomic E-state index is -3.40. The summed E-state index contributed by atoms with van der Waals surface area (Å²) in [5, 5.41) is 0. The van der Waals surface area contributed by atoms with E-state index < -0.39 is 10.0 Å². The molecule has 0 unspecified atom stereocenters. The molecule has 2 rings (SSSR count). The molecule has 1 fully saturated rings. The molecule has 4 nitrogen and oxygen atoms in total. The molecular weight excluding hydrogens is 236 g/mol. The van der Waals surface area contributed by atoms with Gasteiger partial charge in [-0.2, -0.15) is 0 Å². The number of sulfonamides is 1. The second kappa shape index (κ2) is 4.31. The maximum absolute atomic E-state index is 12.1.